The van der Waals surface area contributed by atoms with Crippen LogP contribution in [-0.2, 0) is 97.7 Å². The molecule has 10 amide bonds. The molecule has 1 aromatic heterocycles. The van der Waals surface area contributed by atoms with Gasteiger partial charge >= 0.3 is 12.0 Å². The van der Waals surface area contributed by atoms with Crippen molar-refractivity contribution >= 4 is 144 Å². The number of hydrogen-bond donors (Lipinski definition) is 16. The summed E-state index contributed by atoms with van der Waals surface area (Å²) < 4.78 is 1.63. The molecular formula is C71H98IN17O20S2. The number of hydrogen-bond acceptors (Lipinski definition) is 25. The quantitative estimate of drug-likeness (QED) is 0.0155. The van der Waals surface area contributed by atoms with E-state index in [0.717, 1.165) is 11.8 Å². The molecule has 3 aromatic rings. The van der Waals surface area contributed by atoms with Crippen molar-refractivity contribution in [3.63, 3.8) is 0 Å². The Morgan fingerprint density at radius 1 is 0.721 bits per heavy atom. The van der Waals surface area contributed by atoms with E-state index in [0.29, 0.717) is 36.3 Å². The number of urea groups is 1. The fraction of sp³-hybridized carbons (Fsp3) is 0.563. The molecule has 1 saturated heterocycles. The minimum absolute atomic E-state index is 0.00976. The Hall–Kier alpha value is -9.68. The fourth-order valence-corrected chi connectivity index (χ4v) is 16.4. The number of aryl methyl sites for hydroxylation is 1. The van der Waals surface area contributed by atoms with Crippen LogP contribution in [0.3, 0.4) is 0 Å². The predicted octanol–water partition coefficient (Wildman–Crippen LogP) is -1.80. The van der Waals surface area contributed by atoms with Crippen LogP contribution in [0.4, 0.5) is 4.79 Å². The normalized spacial score (nSPS) is 24.2. The third-order valence-corrected chi connectivity index (χ3v) is 22.8. The molecule has 13 atom stereocenters. The van der Waals surface area contributed by atoms with Crippen molar-refractivity contribution in [2.24, 2.45) is 69.0 Å². The standard InChI is InChI=1S/C71H98IN17O20S2/c1-36(90)63-58(98)29-43(30-62(101)102)69(108)89-21-5-9-51(89)57(97)27-40(6-2-18-79-70(76)77)65(104)82-47-8-4-20-88-34-44(86-87-88)31-49(81-61(100)33-73)56(96)32-59(68(107)85-63)111-110-35-50(55(95)28-42(64(75)103)22-37-10-14-45(91)15-11-37)84-67(106)41(13-17-60(74)99)26-54(94)48(24-38-12-16-52(92)46(72)23-38)83-66(105)39(25-53(47)93)7-3-19-80-71(78)109/h10-12,14-16,23,34,36,39-43,47-51,59,63,90-92H,2-9,13,17-22,24-33,35,73H2,1H3,(H2,74,99)(H2,75,103)(H,81,100)(H,82,104)(H,83,105)(H,84,106)(H,85,107)(H,101,102)(H4,76,77,79)(H3,78,80,109)/t36-,39-,40-,41-,42-,43+,47+,48+,49+,50+,51+,59-,63+/m1/s1. The van der Waals surface area contributed by atoms with Gasteiger partial charge in [-0.1, -0.05) is 45.0 Å². The van der Waals surface area contributed by atoms with E-state index in [1.165, 1.54) is 53.3 Å². The van der Waals surface area contributed by atoms with Gasteiger partial charge in [0.1, 0.15) is 22.8 Å². The lowest BCUT2D eigenvalue weighted by molar-refractivity contribution is -0.148. The van der Waals surface area contributed by atoms with Crippen LogP contribution in [0.1, 0.15) is 133 Å². The Bertz CT molecular complexity index is 3920. The van der Waals surface area contributed by atoms with Crippen molar-refractivity contribution in [2.45, 2.75) is 189 Å². The van der Waals surface area contributed by atoms with E-state index in [1.54, 1.807) is 0 Å². The summed E-state index contributed by atoms with van der Waals surface area (Å²) in [5.74, 6) is -23.1. The number of benzene rings is 2. The highest BCUT2D eigenvalue weighted by atomic mass is 127. The largest absolute Gasteiger partial charge is 0.508 e. The van der Waals surface area contributed by atoms with Crippen LogP contribution in [0.2, 0.25) is 0 Å². The number of aromatic nitrogens is 3. The molecule has 0 spiro atoms. The highest BCUT2D eigenvalue weighted by molar-refractivity contribution is 14.1. The topological polar surface area (TPSA) is 629 Å². The van der Waals surface area contributed by atoms with Gasteiger partial charge in [0, 0.05) is 113 Å². The summed E-state index contributed by atoms with van der Waals surface area (Å²) in [6.07, 6.45) is -8.35. The summed E-state index contributed by atoms with van der Waals surface area (Å²) in [6.45, 7) is 0.0598. The molecule has 0 radical (unpaired) electrons. The van der Waals surface area contributed by atoms with Crippen LogP contribution in [-0.4, -0.2) is 220 Å². The number of nitrogens with two attached hydrogens (primary N) is 6. The summed E-state index contributed by atoms with van der Waals surface area (Å²) in [6, 6.07) is -0.760. The van der Waals surface area contributed by atoms with Crippen molar-refractivity contribution < 1.29 is 97.1 Å². The van der Waals surface area contributed by atoms with Gasteiger partial charge in [-0.15, -0.1) is 5.10 Å². The number of aliphatic hydroxyl groups excluding tert-OH is 1. The number of ketones is 6. The number of carboxylic acid groups (broad SMARTS) is 1. The van der Waals surface area contributed by atoms with E-state index < -0.39 is 248 Å². The van der Waals surface area contributed by atoms with Crippen LogP contribution in [0.25, 0.3) is 0 Å². The van der Waals surface area contributed by atoms with E-state index in [9.17, 15) is 63.6 Å². The number of guanidine groups is 1. The SMILES string of the molecule is C[C@@H](O)[C@@H]1NC(=O)[C@H]2CC(=O)[C@@H](NC(=O)CN)Cc3cn(nn3)CCC[C@H](NC(=O)[C@H](CCCN=C(N)N)CC(=O)[C@@H]3CCCN3C(=O)[C@H](CC(=O)O)CC1=O)C(=O)C[C@@H](CCCNC(N)=O)C(=O)N[C@@H](Cc1ccc(O)c(I)c1)C(=O)C[C@@H](CCC(N)=O)C(=O)N[C@H](C(=O)C[C@@H](Cc1ccc(O)cc1)C(N)=O)CSS2. The Morgan fingerprint density at radius 3 is 2.01 bits per heavy atom. The van der Waals surface area contributed by atoms with Gasteiger partial charge in [0.05, 0.1) is 64.5 Å². The molecule has 1 fully saturated rings. The molecule has 6 rings (SSSR count). The van der Waals surface area contributed by atoms with Crippen molar-refractivity contribution in [1.29, 1.82) is 0 Å². The van der Waals surface area contributed by atoms with Gasteiger partial charge in [-0.3, -0.25) is 81.6 Å². The zero-order chi connectivity index (χ0) is 81.8. The van der Waals surface area contributed by atoms with Crippen molar-refractivity contribution in [2.75, 3.05) is 31.9 Å². The summed E-state index contributed by atoms with van der Waals surface area (Å²) in [5, 5.41) is 64.5. The molecule has 37 nitrogen and oxygen atoms in total. The molecule has 0 aliphatic carbocycles. The van der Waals surface area contributed by atoms with Crippen LogP contribution in [0.5, 0.6) is 11.5 Å². The van der Waals surface area contributed by atoms with Gasteiger partial charge in [-0.05, 0) is 136 Å². The second kappa shape index (κ2) is 44.4. The number of rotatable bonds is 24. The molecule has 2 aromatic carbocycles. The Morgan fingerprint density at radius 2 is 1.36 bits per heavy atom. The number of phenols is 2. The molecular weight excluding hydrogens is 1600 g/mol. The lowest BCUT2D eigenvalue weighted by Crippen LogP contribution is -2.52. The fourth-order valence-electron chi connectivity index (χ4n) is 13.2. The third-order valence-electron chi connectivity index (χ3n) is 19.2. The van der Waals surface area contributed by atoms with E-state index in [-0.39, 0.29) is 114 Å². The maximum Gasteiger partial charge on any atom is 0.312 e. The number of nitrogens with zero attached hydrogens (tertiary/aromatic N) is 5. The molecule has 22 N–H and O–H groups in total. The van der Waals surface area contributed by atoms with Gasteiger partial charge in [0.25, 0.3) is 0 Å². The van der Waals surface area contributed by atoms with Gasteiger partial charge in [0.2, 0.25) is 47.3 Å². The third kappa shape index (κ3) is 29.5. The number of phenolic OH excluding ortho intramolecular Hbond substituents is 2. The first-order valence-corrected chi connectivity index (χ1v) is 39.7. The summed E-state index contributed by atoms with van der Waals surface area (Å²) in [7, 11) is 1.26. The number of carbonyl (C=O) groups is 16. The van der Waals surface area contributed by atoms with Crippen molar-refractivity contribution in [3.8, 4) is 11.5 Å². The highest BCUT2D eigenvalue weighted by Crippen LogP contribution is 2.34. The minimum Gasteiger partial charge on any atom is -0.508 e. The average molecular weight is 1700 g/mol. The van der Waals surface area contributed by atoms with E-state index in [1.807, 2.05) is 22.6 Å². The monoisotopic (exact) mass is 1700 g/mol. The van der Waals surface area contributed by atoms with E-state index in [4.69, 9.17) is 34.4 Å². The molecule has 0 unspecified atom stereocenters. The number of aliphatic carboxylic acids is 1. The minimum atomic E-state index is -1.97. The molecule has 40 heteroatoms. The highest BCUT2D eigenvalue weighted by Gasteiger charge is 2.43. The number of halogens is 1. The van der Waals surface area contributed by atoms with Gasteiger partial charge in [-0.25, -0.2) is 4.79 Å². The Labute approximate surface area is 660 Å². The van der Waals surface area contributed by atoms with Crippen LogP contribution in [0, 0.1) is 33.2 Å². The molecule has 4 bridgehead atoms. The molecule has 0 saturated carbocycles. The van der Waals surface area contributed by atoms with Gasteiger partial charge in [-0.2, -0.15) is 0 Å². The summed E-state index contributed by atoms with van der Waals surface area (Å²) in [5.41, 5.74) is 34.8. The first-order valence-electron chi connectivity index (χ1n) is 36.3. The van der Waals surface area contributed by atoms with Crippen molar-refractivity contribution in [1.82, 2.24) is 51.8 Å². The number of aliphatic hydroxyl groups is 1. The molecule has 111 heavy (non-hydrogen) atoms. The first-order chi connectivity index (χ1) is 52.6. The van der Waals surface area contributed by atoms with Crippen molar-refractivity contribution in [3.05, 3.63) is 69.1 Å². The number of aromatic hydroxyl groups is 2. The number of carbonyl (C=O) groups excluding carboxylic acids is 15. The smallest absolute Gasteiger partial charge is 0.312 e. The van der Waals surface area contributed by atoms with E-state index >= 15 is 33.6 Å². The predicted molar refractivity (Wildman–Crippen MR) is 410 cm³/mol. The number of amides is 10. The number of fused-ring (bicyclic) bond motifs is 8. The van der Waals surface area contributed by atoms with Gasteiger partial charge < -0.3 is 91.6 Å². The lowest BCUT2D eigenvalue weighted by Gasteiger charge is -2.30. The van der Waals surface area contributed by atoms with E-state index in [2.05, 4.69) is 47.2 Å². The number of nitrogens with one attached hydrogen (secondary N) is 6. The number of primary amides is 3. The second-order valence-electron chi connectivity index (χ2n) is 27.9. The molecule has 606 valence electrons. The molecule has 3 aliphatic rings. The lowest BCUT2D eigenvalue weighted by atomic mass is 9.88. The van der Waals surface area contributed by atoms with Gasteiger partial charge in [0.15, 0.2) is 40.7 Å². The zero-order valence-electron chi connectivity index (χ0n) is 61.2. The molecule has 3 aliphatic heterocycles. The van der Waals surface area contributed by atoms with Crippen LogP contribution < -0.4 is 66.3 Å². The Balaban J connectivity index is 1.61. The number of aliphatic imine (C=N–C) groups is 1. The number of carboxylic acids is 1. The maximum absolute atomic E-state index is 15.4. The first kappa shape index (κ1) is 90.2. The summed E-state index contributed by atoms with van der Waals surface area (Å²) in [4.78, 5) is 235. The maximum atomic E-state index is 15.4. The number of Topliss-reactive ketones (excluding diaryl/α,β-unsaturated/α-hetero) is 6. The Kier molecular flexibility index (Phi) is 36.1. The molecule has 4 heterocycles. The van der Waals surface area contributed by atoms with Crippen LogP contribution >= 0.6 is 44.2 Å². The average Bonchev–Trinajstić information content (AvgIpc) is 1.75. The zero-order valence-corrected chi connectivity index (χ0v) is 65.0. The summed E-state index contributed by atoms with van der Waals surface area (Å²) >= 11 is 1.84. The second-order valence-corrected chi connectivity index (χ2v) is 31.6. The van der Waals surface area contributed by atoms with Crippen LogP contribution in [0.15, 0.2) is 53.7 Å².